The molecule has 0 fully saturated rings. The Morgan fingerprint density at radius 1 is 1.12 bits per heavy atom. The van der Waals surface area contributed by atoms with E-state index in [4.69, 9.17) is 5.11 Å². The number of hydrogen-bond donors (Lipinski definition) is 1. The molecule has 0 amide bonds. The standard InChI is InChI=1S/C11H8O5/c12-9(10(13)16-11(14)15)7-6-8-4-2-1-3-5-8/h1-7H,(H,14,15)/b7-6+. The monoisotopic (exact) mass is 220 g/mol. The molecule has 5 nitrogen and oxygen atoms in total. The molecule has 0 aliphatic rings. The highest BCUT2D eigenvalue weighted by atomic mass is 16.7. The summed E-state index contributed by atoms with van der Waals surface area (Å²) in [6.45, 7) is 0. The minimum Gasteiger partial charge on any atom is -0.449 e. The smallest absolute Gasteiger partial charge is 0.449 e. The van der Waals surface area contributed by atoms with Gasteiger partial charge in [0.25, 0.3) is 5.78 Å². The van der Waals surface area contributed by atoms with Crippen LogP contribution in [0.4, 0.5) is 4.79 Å². The third-order valence-electron chi connectivity index (χ3n) is 1.61. The molecule has 5 heteroatoms. The van der Waals surface area contributed by atoms with E-state index >= 15 is 0 Å². The van der Waals surface area contributed by atoms with E-state index in [2.05, 4.69) is 4.74 Å². The number of rotatable bonds is 3. The Hall–Kier alpha value is -2.43. The van der Waals surface area contributed by atoms with Crippen molar-refractivity contribution >= 4 is 24.0 Å². The minimum absolute atomic E-state index is 0.721. The SMILES string of the molecule is O=C(O)OC(=O)C(=O)/C=C/c1ccccc1. The molecule has 0 saturated carbocycles. The lowest BCUT2D eigenvalue weighted by Gasteiger charge is -1.93. The zero-order valence-electron chi connectivity index (χ0n) is 8.12. The van der Waals surface area contributed by atoms with E-state index in [1.807, 2.05) is 0 Å². The summed E-state index contributed by atoms with van der Waals surface area (Å²) in [5, 5.41) is 8.10. The number of ketones is 1. The normalized spacial score (nSPS) is 10.0. The fraction of sp³-hybridized carbons (Fsp3) is 0. The first-order valence-electron chi connectivity index (χ1n) is 4.32. The molecule has 16 heavy (non-hydrogen) atoms. The summed E-state index contributed by atoms with van der Waals surface area (Å²) < 4.78 is 3.68. The average molecular weight is 220 g/mol. The Morgan fingerprint density at radius 2 is 1.75 bits per heavy atom. The number of hydrogen-bond acceptors (Lipinski definition) is 4. The van der Waals surface area contributed by atoms with Crippen molar-refractivity contribution in [3.63, 3.8) is 0 Å². The maximum Gasteiger partial charge on any atom is 0.513 e. The molecule has 0 spiro atoms. The molecule has 0 atom stereocenters. The summed E-state index contributed by atoms with van der Waals surface area (Å²) in [4.78, 5) is 31.8. The van der Waals surface area contributed by atoms with Crippen molar-refractivity contribution in [3.8, 4) is 0 Å². The maximum absolute atomic E-state index is 11.0. The van der Waals surface area contributed by atoms with Crippen LogP contribution in [0.3, 0.4) is 0 Å². The molecule has 0 aliphatic carbocycles. The third-order valence-corrected chi connectivity index (χ3v) is 1.61. The van der Waals surface area contributed by atoms with Crippen molar-refractivity contribution in [3.05, 3.63) is 42.0 Å². The predicted molar refractivity (Wildman–Crippen MR) is 54.6 cm³/mol. The van der Waals surface area contributed by atoms with Crippen molar-refractivity contribution in [1.29, 1.82) is 0 Å². The fourth-order valence-corrected chi connectivity index (χ4v) is 0.934. The number of carbonyl (C=O) groups is 3. The molecule has 1 aromatic carbocycles. The van der Waals surface area contributed by atoms with Crippen LogP contribution in [0.1, 0.15) is 5.56 Å². The quantitative estimate of drug-likeness (QED) is 0.361. The van der Waals surface area contributed by atoms with E-state index < -0.39 is 17.9 Å². The van der Waals surface area contributed by atoms with Gasteiger partial charge in [0.1, 0.15) is 0 Å². The second kappa shape index (κ2) is 5.45. The summed E-state index contributed by atoms with van der Waals surface area (Å²) in [5.74, 6) is -2.44. The Morgan fingerprint density at radius 3 is 2.31 bits per heavy atom. The Kier molecular flexibility index (Phi) is 3.97. The number of ether oxygens (including phenoxy) is 1. The lowest BCUT2D eigenvalue weighted by atomic mass is 10.2. The average Bonchev–Trinajstić information content (AvgIpc) is 2.26. The Balaban J connectivity index is 2.61. The van der Waals surface area contributed by atoms with Gasteiger partial charge in [0, 0.05) is 0 Å². The molecule has 82 valence electrons. The molecule has 1 N–H and O–H groups in total. The van der Waals surface area contributed by atoms with E-state index in [1.54, 1.807) is 30.3 Å². The van der Waals surface area contributed by atoms with Crippen molar-refractivity contribution < 1.29 is 24.2 Å². The summed E-state index contributed by atoms with van der Waals surface area (Å²) in [5.41, 5.74) is 0.721. The van der Waals surface area contributed by atoms with Gasteiger partial charge in [-0.2, -0.15) is 0 Å². The van der Waals surface area contributed by atoms with Crippen LogP contribution in [0.15, 0.2) is 36.4 Å². The van der Waals surface area contributed by atoms with Gasteiger partial charge in [0.15, 0.2) is 0 Å². The van der Waals surface area contributed by atoms with E-state index in [1.165, 1.54) is 6.08 Å². The van der Waals surface area contributed by atoms with Gasteiger partial charge in [0.2, 0.25) is 0 Å². The topological polar surface area (TPSA) is 80.7 Å². The molecular weight excluding hydrogens is 212 g/mol. The lowest BCUT2D eigenvalue weighted by Crippen LogP contribution is -2.18. The van der Waals surface area contributed by atoms with Crippen molar-refractivity contribution in [1.82, 2.24) is 0 Å². The number of esters is 1. The van der Waals surface area contributed by atoms with Crippen LogP contribution in [0.25, 0.3) is 6.08 Å². The first-order chi connectivity index (χ1) is 7.59. The summed E-state index contributed by atoms with van der Waals surface area (Å²) in [6, 6.07) is 8.79. The Labute approximate surface area is 91.0 Å². The van der Waals surface area contributed by atoms with Gasteiger partial charge < -0.3 is 9.84 Å². The number of carbonyl (C=O) groups excluding carboxylic acids is 2. The highest BCUT2D eigenvalue weighted by Crippen LogP contribution is 2.01. The molecule has 0 aliphatic heterocycles. The van der Waals surface area contributed by atoms with Crippen LogP contribution in [-0.2, 0) is 14.3 Å². The van der Waals surface area contributed by atoms with Gasteiger partial charge in [-0.05, 0) is 11.6 Å². The van der Waals surface area contributed by atoms with E-state index in [-0.39, 0.29) is 0 Å². The molecule has 0 bridgehead atoms. The lowest BCUT2D eigenvalue weighted by molar-refractivity contribution is -0.148. The molecule has 0 unspecified atom stereocenters. The van der Waals surface area contributed by atoms with Gasteiger partial charge >= 0.3 is 12.1 Å². The van der Waals surface area contributed by atoms with Crippen molar-refractivity contribution in [2.24, 2.45) is 0 Å². The largest absolute Gasteiger partial charge is 0.513 e. The van der Waals surface area contributed by atoms with Crippen molar-refractivity contribution in [2.45, 2.75) is 0 Å². The van der Waals surface area contributed by atoms with Crippen LogP contribution < -0.4 is 0 Å². The predicted octanol–water partition coefficient (Wildman–Crippen LogP) is 1.49. The van der Waals surface area contributed by atoms with E-state index in [0.717, 1.165) is 11.6 Å². The van der Waals surface area contributed by atoms with Gasteiger partial charge in [-0.15, -0.1) is 0 Å². The van der Waals surface area contributed by atoms with Gasteiger partial charge in [-0.25, -0.2) is 9.59 Å². The van der Waals surface area contributed by atoms with E-state index in [0.29, 0.717) is 0 Å². The zero-order chi connectivity index (χ0) is 12.0. The summed E-state index contributed by atoms with van der Waals surface area (Å²) in [6.07, 6.45) is 0.554. The fourth-order valence-electron chi connectivity index (χ4n) is 0.934. The molecule has 1 aromatic rings. The molecule has 0 saturated heterocycles. The summed E-state index contributed by atoms with van der Waals surface area (Å²) in [7, 11) is 0. The minimum atomic E-state index is -1.80. The highest BCUT2D eigenvalue weighted by Gasteiger charge is 2.15. The van der Waals surface area contributed by atoms with Crippen LogP contribution in [0.2, 0.25) is 0 Å². The van der Waals surface area contributed by atoms with Gasteiger partial charge in [-0.3, -0.25) is 4.79 Å². The second-order valence-corrected chi connectivity index (χ2v) is 2.76. The number of carboxylic acid groups (broad SMARTS) is 1. The summed E-state index contributed by atoms with van der Waals surface area (Å²) >= 11 is 0. The van der Waals surface area contributed by atoms with Crippen LogP contribution in [0, 0.1) is 0 Å². The molecule has 1 rings (SSSR count). The Bertz CT molecular complexity index is 433. The number of benzene rings is 1. The second-order valence-electron chi connectivity index (χ2n) is 2.76. The van der Waals surface area contributed by atoms with Crippen molar-refractivity contribution in [2.75, 3.05) is 0 Å². The van der Waals surface area contributed by atoms with Crippen LogP contribution >= 0.6 is 0 Å². The zero-order valence-corrected chi connectivity index (χ0v) is 8.12. The first kappa shape index (κ1) is 11.6. The van der Waals surface area contributed by atoms with E-state index in [9.17, 15) is 14.4 Å². The molecule has 0 aromatic heterocycles. The maximum atomic E-state index is 11.0. The van der Waals surface area contributed by atoms with Gasteiger partial charge in [-0.1, -0.05) is 36.4 Å². The van der Waals surface area contributed by atoms with Gasteiger partial charge in [0.05, 0.1) is 0 Å². The third kappa shape index (κ3) is 3.75. The van der Waals surface area contributed by atoms with Crippen LogP contribution in [0.5, 0.6) is 0 Å². The molecular formula is C11H8O5. The highest BCUT2D eigenvalue weighted by molar-refractivity contribution is 6.40. The first-order valence-corrected chi connectivity index (χ1v) is 4.32. The van der Waals surface area contributed by atoms with Crippen LogP contribution in [-0.4, -0.2) is 23.0 Å². The molecule has 0 heterocycles. The molecule has 0 radical (unpaired) electrons.